The summed E-state index contributed by atoms with van der Waals surface area (Å²) in [5, 5.41) is 10.6. The van der Waals surface area contributed by atoms with Crippen LogP contribution in [0.15, 0.2) is 42.7 Å². The molecule has 0 bridgehead atoms. The van der Waals surface area contributed by atoms with E-state index in [2.05, 4.69) is 25.2 Å². The highest BCUT2D eigenvalue weighted by atomic mass is 32.1. The Morgan fingerprint density at radius 2 is 1.77 bits per heavy atom. The van der Waals surface area contributed by atoms with Crippen molar-refractivity contribution in [1.82, 2.24) is 20.3 Å². The zero-order valence-corrected chi connectivity index (χ0v) is 19.4. The number of carboxylic acids is 1. The minimum atomic E-state index is -5.08. The molecule has 0 atom stereocenters. The first kappa shape index (κ1) is 25.9. The smallest absolute Gasteiger partial charge is 0.490 e. The fraction of sp³-hybridized carbons (Fsp3) is 0.318. The van der Waals surface area contributed by atoms with Crippen LogP contribution in [0.5, 0.6) is 5.75 Å². The standard InChI is InChI=1S/C20H21N5O2S.C2HF3O2/c1-27-15-5-3-14(4-6-15)13-23-18(26)19-24-16-7-11-25(12-8-17(16)28-19)20-21-9-2-10-22-20;3-2(4,5)1(6)7/h2-6,9-10H,7-8,11-13H2,1H3,(H,23,26);(H,6,7). The lowest BCUT2D eigenvalue weighted by atomic mass is 10.2. The molecule has 0 aliphatic carbocycles. The molecule has 0 saturated carbocycles. The van der Waals surface area contributed by atoms with E-state index in [0.717, 1.165) is 48.9 Å². The van der Waals surface area contributed by atoms with Crippen LogP contribution >= 0.6 is 11.3 Å². The number of nitrogens with zero attached hydrogens (tertiary/aromatic N) is 4. The molecule has 2 aromatic heterocycles. The van der Waals surface area contributed by atoms with Crippen molar-refractivity contribution in [3.8, 4) is 5.75 Å². The van der Waals surface area contributed by atoms with E-state index < -0.39 is 12.1 Å². The zero-order valence-electron chi connectivity index (χ0n) is 18.6. The molecule has 0 saturated heterocycles. The average Bonchev–Trinajstić information content (AvgIpc) is 3.16. The minimum Gasteiger partial charge on any atom is -0.497 e. The van der Waals surface area contributed by atoms with Crippen molar-refractivity contribution in [2.75, 3.05) is 25.1 Å². The Balaban J connectivity index is 0.000000429. The molecule has 13 heteroatoms. The second-order valence-electron chi connectivity index (χ2n) is 7.26. The third kappa shape index (κ3) is 7.37. The second-order valence-corrected chi connectivity index (χ2v) is 8.34. The molecule has 0 fully saturated rings. The summed E-state index contributed by atoms with van der Waals surface area (Å²) in [5.74, 6) is -1.34. The van der Waals surface area contributed by atoms with Gasteiger partial charge in [-0.25, -0.2) is 19.7 Å². The average molecular weight is 510 g/mol. The quantitative estimate of drug-likeness (QED) is 0.539. The Bertz CT molecular complexity index is 1110. The number of aliphatic carboxylic acids is 1. The first-order valence-corrected chi connectivity index (χ1v) is 11.2. The number of carbonyl (C=O) groups excluding carboxylic acids is 1. The number of methoxy groups -OCH3 is 1. The summed E-state index contributed by atoms with van der Waals surface area (Å²) in [6, 6.07) is 9.47. The van der Waals surface area contributed by atoms with E-state index in [9.17, 15) is 18.0 Å². The van der Waals surface area contributed by atoms with Crippen molar-refractivity contribution < 1.29 is 32.6 Å². The summed E-state index contributed by atoms with van der Waals surface area (Å²) >= 11 is 1.48. The number of thiazole rings is 1. The van der Waals surface area contributed by atoms with Gasteiger partial charge in [0, 0.05) is 49.7 Å². The maximum Gasteiger partial charge on any atom is 0.490 e. The maximum atomic E-state index is 12.5. The third-order valence-corrected chi connectivity index (χ3v) is 6.05. The van der Waals surface area contributed by atoms with Gasteiger partial charge in [0.05, 0.1) is 12.8 Å². The van der Waals surface area contributed by atoms with Crippen LogP contribution in [0.3, 0.4) is 0 Å². The monoisotopic (exact) mass is 509 g/mol. The largest absolute Gasteiger partial charge is 0.497 e. The highest BCUT2D eigenvalue weighted by molar-refractivity contribution is 7.13. The number of ether oxygens (including phenoxy) is 1. The molecule has 3 aromatic rings. The Kier molecular flexibility index (Phi) is 8.58. The fourth-order valence-electron chi connectivity index (χ4n) is 3.12. The first-order chi connectivity index (χ1) is 16.7. The summed E-state index contributed by atoms with van der Waals surface area (Å²) in [4.78, 5) is 38.0. The van der Waals surface area contributed by atoms with Gasteiger partial charge in [0.2, 0.25) is 5.95 Å². The van der Waals surface area contributed by atoms with Gasteiger partial charge >= 0.3 is 12.1 Å². The highest BCUT2D eigenvalue weighted by Crippen LogP contribution is 2.24. The normalized spacial score (nSPS) is 13.1. The van der Waals surface area contributed by atoms with E-state index in [1.54, 1.807) is 19.5 Å². The fourth-order valence-corrected chi connectivity index (χ4v) is 4.13. The Morgan fingerprint density at radius 1 is 1.14 bits per heavy atom. The number of benzene rings is 1. The van der Waals surface area contributed by atoms with Crippen molar-refractivity contribution in [2.45, 2.75) is 25.6 Å². The molecule has 1 aliphatic rings. The summed E-state index contributed by atoms with van der Waals surface area (Å²) in [6.07, 6.45) is 0.0614. The van der Waals surface area contributed by atoms with Gasteiger partial charge in [0.25, 0.3) is 5.91 Å². The molecule has 35 heavy (non-hydrogen) atoms. The number of carboxylic acid groups (broad SMARTS) is 1. The van der Waals surface area contributed by atoms with E-state index >= 15 is 0 Å². The highest BCUT2D eigenvalue weighted by Gasteiger charge is 2.38. The van der Waals surface area contributed by atoms with E-state index in [-0.39, 0.29) is 5.91 Å². The van der Waals surface area contributed by atoms with Crippen LogP contribution < -0.4 is 15.0 Å². The molecular weight excluding hydrogens is 487 g/mol. The van der Waals surface area contributed by atoms with Crippen LogP contribution in [0.1, 0.15) is 25.9 Å². The number of rotatable bonds is 5. The molecule has 3 heterocycles. The summed E-state index contributed by atoms with van der Waals surface area (Å²) in [7, 11) is 1.63. The molecular formula is C22H22F3N5O4S. The van der Waals surface area contributed by atoms with Gasteiger partial charge in [0.15, 0.2) is 5.01 Å². The molecule has 1 aromatic carbocycles. The number of carbonyl (C=O) groups is 2. The van der Waals surface area contributed by atoms with Crippen molar-refractivity contribution in [2.24, 2.45) is 0 Å². The number of fused-ring (bicyclic) bond motifs is 1. The lowest BCUT2D eigenvalue weighted by Gasteiger charge is -2.19. The van der Waals surface area contributed by atoms with Crippen molar-refractivity contribution in [1.29, 1.82) is 0 Å². The SMILES string of the molecule is COc1ccc(CNC(=O)c2nc3c(s2)CCN(c2ncccn2)CC3)cc1.O=C(O)C(F)(F)F. The van der Waals surface area contributed by atoms with Gasteiger partial charge in [0.1, 0.15) is 5.75 Å². The lowest BCUT2D eigenvalue weighted by Crippen LogP contribution is -2.28. The molecule has 9 nitrogen and oxygen atoms in total. The third-order valence-electron chi connectivity index (χ3n) is 4.89. The van der Waals surface area contributed by atoms with E-state index in [1.807, 2.05) is 30.3 Å². The number of hydrogen-bond donors (Lipinski definition) is 2. The van der Waals surface area contributed by atoms with Gasteiger partial charge in [-0.1, -0.05) is 12.1 Å². The number of nitrogens with one attached hydrogen (secondary N) is 1. The van der Waals surface area contributed by atoms with Crippen molar-refractivity contribution >= 4 is 29.2 Å². The molecule has 1 aliphatic heterocycles. The Morgan fingerprint density at radius 3 is 2.37 bits per heavy atom. The van der Waals surface area contributed by atoms with E-state index in [4.69, 9.17) is 14.6 Å². The summed E-state index contributed by atoms with van der Waals surface area (Å²) in [6.45, 7) is 2.09. The summed E-state index contributed by atoms with van der Waals surface area (Å²) < 4.78 is 36.9. The van der Waals surface area contributed by atoms with Crippen LogP contribution in [0.4, 0.5) is 19.1 Å². The van der Waals surface area contributed by atoms with Crippen molar-refractivity contribution in [3.63, 3.8) is 0 Å². The van der Waals surface area contributed by atoms with Crippen molar-refractivity contribution in [3.05, 3.63) is 63.9 Å². The molecule has 1 amide bonds. The number of hydrogen-bond acceptors (Lipinski definition) is 8. The van der Waals surface area contributed by atoms with Crippen LogP contribution in [0.25, 0.3) is 0 Å². The van der Waals surface area contributed by atoms with E-state index in [0.29, 0.717) is 11.6 Å². The summed E-state index contributed by atoms with van der Waals surface area (Å²) in [5.41, 5.74) is 2.03. The predicted octanol–water partition coefficient (Wildman–Crippen LogP) is 3.11. The van der Waals surface area contributed by atoms with Crippen LogP contribution in [0, 0.1) is 0 Å². The Hall–Kier alpha value is -3.74. The van der Waals surface area contributed by atoms with Gasteiger partial charge < -0.3 is 20.1 Å². The molecule has 0 unspecified atom stereocenters. The lowest BCUT2D eigenvalue weighted by molar-refractivity contribution is -0.192. The molecule has 2 N–H and O–H groups in total. The number of alkyl halides is 3. The maximum absolute atomic E-state index is 12.5. The Labute approximate surface area is 202 Å². The minimum absolute atomic E-state index is 0.128. The number of aromatic nitrogens is 3. The molecule has 186 valence electrons. The zero-order chi connectivity index (χ0) is 25.4. The van der Waals surface area contributed by atoms with Gasteiger partial charge in [-0.05, 0) is 23.8 Å². The van der Waals surface area contributed by atoms with E-state index in [1.165, 1.54) is 16.2 Å². The molecule has 4 rings (SSSR count). The molecule has 0 spiro atoms. The first-order valence-electron chi connectivity index (χ1n) is 10.4. The molecule has 0 radical (unpaired) electrons. The van der Waals surface area contributed by atoms with Crippen LogP contribution in [-0.4, -0.2) is 58.3 Å². The topological polar surface area (TPSA) is 118 Å². The van der Waals surface area contributed by atoms with Gasteiger partial charge in [-0.15, -0.1) is 11.3 Å². The van der Waals surface area contributed by atoms with Gasteiger partial charge in [-0.3, -0.25) is 4.79 Å². The number of anilines is 1. The second kappa shape index (κ2) is 11.6. The van der Waals surface area contributed by atoms with Gasteiger partial charge in [-0.2, -0.15) is 13.2 Å². The van der Waals surface area contributed by atoms with Crippen LogP contribution in [-0.2, 0) is 24.2 Å². The predicted molar refractivity (Wildman–Crippen MR) is 122 cm³/mol. The number of halogens is 3. The van der Waals surface area contributed by atoms with Crippen LogP contribution in [0.2, 0.25) is 0 Å². The number of amides is 1.